The molecule has 0 atom stereocenters. The lowest BCUT2D eigenvalue weighted by Crippen LogP contribution is -2.35. The van der Waals surface area contributed by atoms with Crippen LogP contribution in [0.5, 0.6) is 0 Å². The van der Waals surface area contributed by atoms with Gasteiger partial charge < -0.3 is 15.7 Å². The molecule has 3 N–H and O–H groups in total. The highest BCUT2D eigenvalue weighted by molar-refractivity contribution is 5.85. The van der Waals surface area contributed by atoms with Crippen LogP contribution in [-0.4, -0.2) is 28.6 Å². The highest BCUT2D eigenvalue weighted by atomic mass is 16.4. The average Bonchev–Trinajstić information content (AvgIpc) is 3.26. The minimum absolute atomic E-state index is 0.00159. The number of carboxylic acids is 1. The van der Waals surface area contributed by atoms with Crippen LogP contribution in [0.15, 0.2) is 18.3 Å². The summed E-state index contributed by atoms with van der Waals surface area (Å²) in [4.78, 5) is 25.9. The van der Waals surface area contributed by atoms with E-state index in [-0.39, 0.29) is 11.7 Å². The summed E-state index contributed by atoms with van der Waals surface area (Å²) in [5.41, 5.74) is 0.765. The molecule has 108 valence electrons. The third-order valence-corrected chi connectivity index (χ3v) is 3.27. The molecule has 1 heterocycles. The number of carboxylic acid groups (broad SMARTS) is 1. The van der Waals surface area contributed by atoms with Gasteiger partial charge in [-0.3, -0.25) is 0 Å². The molecule has 1 aliphatic rings. The zero-order valence-corrected chi connectivity index (χ0v) is 11.3. The van der Waals surface area contributed by atoms with Gasteiger partial charge in [-0.2, -0.15) is 0 Å². The zero-order chi connectivity index (χ0) is 14.4. The molecule has 6 nitrogen and oxygen atoms in total. The predicted octanol–water partition coefficient (Wildman–Crippen LogP) is 1.77. The third-order valence-electron chi connectivity index (χ3n) is 3.27. The number of nitrogens with zero attached hydrogens (tertiary/aromatic N) is 1. The number of nitrogens with one attached hydrogen (secondary N) is 2. The van der Waals surface area contributed by atoms with Gasteiger partial charge in [0.1, 0.15) is 5.69 Å². The molecular formula is C14H19N3O3. The molecule has 0 spiro atoms. The summed E-state index contributed by atoms with van der Waals surface area (Å²) in [6, 6.07) is 2.86. The van der Waals surface area contributed by atoms with Crippen LogP contribution >= 0.6 is 0 Å². The van der Waals surface area contributed by atoms with Gasteiger partial charge in [-0.05, 0) is 30.4 Å². The van der Waals surface area contributed by atoms with Crippen LogP contribution in [0.25, 0.3) is 0 Å². The first kappa shape index (κ1) is 14.3. The number of carbonyl (C=O) groups excluding carboxylic acids is 1. The fourth-order valence-electron chi connectivity index (χ4n) is 1.90. The highest BCUT2D eigenvalue weighted by Gasteiger charge is 2.20. The molecule has 1 aliphatic carbocycles. The Balaban J connectivity index is 1.62. The van der Waals surface area contributed by atoms with Crippen molar-refractivity contribution in [2.75, 3.05) is 6.54 Å². The summed E-state index contributed by atoms with van der Waals surface area (Å²) >= 11 is 0. The first-order chi connectivity index (χ1) is 9.65. The summed E-state index contributed by atoms with van der Waals surface area (Å²) < 4.78 is 0. The van der Waals surface area contributed by atoms with Crippen LogP contribution in [0.2, 0.25) is 0 Å². The van der Waals surface area contributed by atoms with E-state index in [1.807, 2.05) is 0 Å². The number of aromatic carboxylic acids is 1. The van der Waals surface area contributed by atoms with Crippen LogP contribution in [0.1, 0.15) is 41.7 Å². The molecule has 1 aromatic heterocycles. The monoisotopic (exact) mass is 277 g/mol. The molecule has 20 heavy (non-hydrogen) atoms. The van der Waals surface area contributed by atoms with Crippen molar-refractivity contribution in [2.45, 2.75) is 32.2 Å². The van der Waals surface area contributed by atoms with Crippen LogP contribution in [0.3, 0.4) is 0 Å². The minimum Gasteiger partial charge on any atom is -0.477 e. The Labute approximate surface area is 117 Å². The first-order valence-electron chi connectivity index (χ1n) is 6.85. The van der Waals surface area contributed by atoms with Gasteiger partial charge in [0.05, 0.1) is 0 Å². The van der Waals surface area contributed by atoms with Crippen molar-refractivity contribution in [3.8, 4) is 0 Å². The van der Waals surface area contributed by atoms with E-state index in [9.17, 15) is 9.59 Å². The second kappa shape index (κ2) is 6.88. The smallest absolute Gasteiger partial charge is 0.354 e. The van der Waals surface area contributed by atoms with E-state index in [1.54, 1.807) is 6.07 Å². The molecule has 2 amide bonds. The number of aromatic nitrogens is 1. The molecule has 0 aromatic carbocycles. The molecule has 0 bridgehead atoms. The van der Waals surface area contributed by atoms with E-state index < -0.39 is 5.97 Å². The van der Waals surface area contributed by atoms with Gasteiger partial charge in [-0.25, -0.2) is 14.6 Å². The summed E-state index contributed by atoms with van der Waals surface area (Å²) in [7, 11) is 0. The Morgan fingerprint density at radius 1 is 1.30 bits per heavy atom. The molecule has 1 saturated carbocycles. The van der Waals surface area contributed by atoms with E-state index in [2.05, 4.69) is 15.6 Å². The third kappa shape index (κ3) is 4.87. The number of hydrogen-bond donors (Lipinski definition) is 3. The van der Waals surface area contributed by atoms with Crippen LogP contribution in [0, 0.1) is 5.92 Å². The van der Waals surface area contributed by atoms with Crippen molar-refractivity contribution in [1.29, 1.82) is 0 Å². The summed E-state index contributed by atoms with van der Waals surface area (Å²) in [6.45, 7) is 1.03. The number of carbonyl (C=O) groups is 2. The fourth-order valence-corrected chi connectivity index (χ4v) is 1.90. The molecule has 0 radical (unpaired) electrons. The lowest BCUT2D eigenvalue weighted by molar-refractivity contribution is 0.0690. The topological polar surface area (TPSA) is 91.3 Å². The van der Waals surface area contributed by atoms with Gasteiger partial charge in [-0.15, -0.1) is 0 Å². The maximum absolute atomic E-state index is 11.5. The Hall–Kier alpha value is -2.11. The number of amides is 2. The zero-order valence-electron chi connectivity index (χ0n) is 11.3. The Kier molecular flexibility index (Phi) is 4.92. The van der Waals surface area contributed by atoms with Crippen LogP contribution in [0.4, 0.5) is 4.79 Å². The lowest BCUT2D eigenvalue weighted by Gasteiger charge is -2.07. The maximum atomic E-state index is 11.5. The summed E-state index contributed by atoms with van der Waals surface area (Å²) in [5.74, 6) is -0.170. The SMILES string of the molecule is O=C(NCCCC1CC1)NCc1ccc(C(=O)O)nc1. The molecule has 0 aliphatic heterocycles. The minimum atomic E-state index is -1.06. The van der Waals surface area contributed by atoms with Gasteiger partial charge in [0.15, 0.2) is 0 Å². The van der Waals surface area contributed by atoms with Crippen molar-refractivity contribution in [3.05, 3.63) is 29.6 Å². The molecule has 0 saturated heterocycles. The highest BCUT2D eigenvalue weighted by Crippen LogP contribution is 2.33. The first-order valence-corrected chi connectivity index (χ1v) is 6.85. The Morgan fingerprint density at radius 3 is 2.70 bits per heavy atom. The van der Waals surface area contributed by atoms with Crippen molar-refractivity contribution >= 4 is 12.0 Å². The Morgan fingerprint density at radius 2 is 2.10 bits per heavy atom. The van der Waals surface area contributed by atoms with Gasteiger partial charge >= 0.3 is 12.0 Å². The summed E-state index contributed by atoms with van der Waals surface area (Å²) in [6.07, 6.45) is 6.35. The second-order valence-corrected chi connectivity index (χ2v) is 5.05. The number of hydrogen-bond acceptors (Lipinski definition) is 3. The molecule has 1 fully saturated rings. The van der Waals surface area contributed by atoms with Gasteiger partial charge in [0.25, 0.3) is 0 Å². The molecule has 2 rings (SSSR count). The molecule has 6 heteroatoms. The van der Waals surface area contributed by atoms with Crippen LogP contribution in [-0.2, 0) is 6.54 Å². The van der Waals surface area contributed by atoms with E-state index in [1.165, 1.54) is 31.5 Å². The van der Waals surface area contributed by atoms with Gasteiger partial charge in [0.2, 0.25) is 0 Å². The average molecular weight is 277 g/mol. The second-order valence-electron chi connectivity index (χ2n) is 5.05. The standard InChI is InChI=1S/C14H19N3O3/c18-13(19)12-6-5-11(8-16-12)9-17-14(20)15-7-1-2-10-3-4-10/h5-6,8,10H,1-4,7,9H2,(H,18,19)(H2,15,17,20). The Bertz CT molecular complexity index is 469. The maximum Gasteiger partial charge on any atom is 0.354 e. The van der Waals surface area contributed by atoms with E-state index in [0.717, 1.165) is 17.9 Å². The van der Waals surface area contributed by atoms with Crippen molar-refractivity contribution in [1.82, 2.24) is 15.6 Å². The number of rotatable bonds is 7. The van der Waals surface area contributed by atoms with Gasteiger partial charge in [-0.1, -0.05) is 18.9 Å². The van der Waals surface area contributed by atoms with E-state index >= 15 is 0 Å². The van der Waals surface area contributed by atoms with Gasteiger partial charge in [0, 0.05) is 19.3 Å². The van der Waals surface area contributed by atoms with E-state index in [0.29, 0.717) is 13.1 Å². The van der Waals surface area contributed by atoms with E-state index in [4.69, 9.17) is 5.11 Å². The van der Waals surface area contributed by atoms with Crippen molar-refractivity contribution in [2.24, 2.45) is 5.92 Å². The van der Waals surface area contributed by atoms with Crippen molar-refractivity contribution in [3.63, 3.8) is 0 Å². The summed E-state index contributed by atoms with van der Waals surface area (Å²) in [5, 5.41) is 14.2. The quantitative estimate of drug-likeness (QED) is 0.662. The lowest BCUT2D eigenvalue weighted by atomic mass is 10.2. The van der Waals surface area contributed by atoms with Crippen LogP contribution < -0.4 is 10.6 Å². The molecular weight excluding hydrogens is 258 g/mol. The predicted molar refractivity (Wildman–Crippen MR) is 73.4 cm³/mol. The number of pyridine rings is 1. The molecule has 0 unspecified atom stereocenters. The largest absolute Gasteiger partial charge is 0.477 e. The fraction of sp³-hybridized carbons (Fsp3) is 0.500. The normalized spacial score (nSPS) is 13.8. The molecule has 1 aromatic rings. The number of urea groups is 1. The van der Waals surface area contributed by atoms with Crippen molar-refractivity contribution < 1.29 is 14.7 Å².